The number of carbonyl (C=O) groups excluding carboxylic acids is 4. The van der Waals surface area contributed by atoms with Gasteiger partial charge in [-0.25, -0.2) is 4.90 Å². The van der Waals surface area contributed by atoms with Crippen LogP contribution in [0.2, 0.25) is 0 Å². The molecule has 2 fully saturated rings. The number of nitrogens with zero attached hydrogens (tertiary/aromatic N) is 2. The molecular formula is C25H26N4O4S. The average Bonchev–Trinajstić information content (AvgIpc) is 3.38. The van der Waals surface area contributed by atoms with Crippen LogP contribution in [-0.2, 0) is 24.7 Å². The van der Waals surface area contributed by atoms with Crippen LogP contribution >= 0.6 is 11.8 Å². The van der Waals surface area contributed by atoms with E-state index in [0.29, 0.717) is 17.8 Å². The number of benzene rings is 2. The second kappa shape index (κ2) is 8.25. The van der Waals surface area contributed by atoms with Gasteiger partial charge in [0.1, 0.15) is 5.54 Å². The number of nitrogens with one attached hydrogen (secondary N) is 2. The van der Waals surface area contributed by atoms with Gasteiger partial charge in [-0.15, -0.1) is 0 Å². The van der Waals surface area contributed by atoms with E-state index in [1.807, 2.05) is 30.5 Å². The maximum Gasteiger partial charge on any atom is 0.252 e. The van der Waals surface area contributed by atoms with Crippen LogP contribution in [-0.4, -0.2) is 48.7 Å². The van der Waals surface area contributed by atoms with E-state index in [1.54, 1.807) is 48.0 Å². The summed E-state index contributed by atoms with van der Waals surface area (Å²) in [5, 5.41) is 6.17. The number of carbonyl (C=O) groups is 4. The van der Waals surface area contributed by atoms with E-state index >= 15 is 0 Å². The third-order valence-electron chi connectivity index (χ3n) is 7.08. The summed E-state index contributed by atoms with van der Waals surface area (Å²) in [5.74, 6) is -1.76. The van der Waals surface area contributed by atoms with Crippen molar-refractivity contribution in [3.05, 3.63) is 54.1 Å². The summed E-state index contributed by atoms with van der Waals surface area (Å²) in [6.07, 6.45) is 2.66. The maximum atomic E-state index is 13.9. The van der Waals surface area contributed by atoms with Gasteiger partial charge in [0, 0.05) is 37.0 Å². The predicted octanol–water partition coefficient (Wildman–Crippen LogP) is 2.35. The van der Waals surface area contributed by atoms with Crippen LogP contribution in [0, 0.1) is 11.8 Å². The fourth-order valence-electron chi connectivity index (χ4n) is 5.70. The number of rotatable bonds is 5. The van der Waals surface area contributed by atoms with Gasteiger partial charge >= 0.3 is 0 Å². The van der Waals surface area contributed by atoms with Gasteiger partial charge in [0.2, 0.25) is 17.7 Å². The normalized spacial score (nSPS) is 27.5. The molecule has 0 radical (unpaired) electrons. The zero-order valence-electron chi connectivity index (χ0n) is 19.2. The summed E-state index contributed by atoms with van der Waals surface area (Å²) in [4.78, 5) is 55.5. The van der Waals surface area contributed by atoms with Crippen molar-refractivity contribution in [3.8, 4) is 0 Å². The van der Waals surface area contributed by atoms with Crippen molar-refractivity contribution < 1.29 is 19.2 Å². The molecule has 2 aromatic carbocycles. The molecule has 0 aliphatic carbocycles. The smallest absolute Gasteiger partial charge is 0.252 e. The number of thioether (sulfide) groups is 1. The monoisotopic (exact) mass is 478 g/mol. The molecule has 2 N–H and O–H groups in total. The van der Waals surface area contributed by atoms with Crippen LogP contribution in [0.3, 0.4) is 0 Å². The van der Waals surface area contributed by atoms with Crippen LogP contribution in [0.5, 0.6) is 0 Å². The lowest BCUT2D eigenvalue weighted by molar-refractivity contribution is -0.131. The summed E-state index contributed by atoms with van der Waals surface area (Å²) >= 11 is 1.67. The zero-order chi connectivity index (χ0) is 24.2. The molecule has 2 aromatic rings. The fourth-order valence-corrected chi connectivity index (χ4v) is 6.19. The first-order chi connectivity index (χ1) is 16.3. The third-order valence-corrected chi connectivity index (χ3v) is 7.72. The van der Waals surface area contributed by atoms with E-state index in [2.05, 4.69) is 10.6 Å². The Morgan fingerprint density at radius 2 is 1.79 bits per heavy atom. The number of hydrogen-bond acceptors (Lipinski definition) is 6. The van der Waals surface area contributed by atoms with E-state index in [-0.39, 0.29) is 29.7 Å². The number of para-hydroxylation sites is 1. The van der Waals surface area contributed by atoms with Gasteiger partial charge in [0.05, 0.1) is 17.5 Å². The first kappa shape index (κ1) is 22.6. The predicted molar refractivity (Wildman–Crippen MR) is 132 cm³/mol. The van der Waals surface area contributed by atoms with E-state index in [1.165, 1.54) is 11.8 Å². The number of amides is 4. The van der Waals surface area contributed by atoms with Crippen LogP contribution < -0.4 is 20.4 Å². The molecule has 0 aromatic heterocycles. The van der Waals surface area contributed by atoms with Crippen molar-refractivity contribution in [2.24, 2.45) is 11.8 Å². The fraction of sp³-hybridized carbons (Fsp3) is 0.360. The first-order valence-corrected chi connectivity index (χ1v) is 12.6. The molecule has 176 valence electrons. The summed E-state index contributed by atoms with van der Waals surface area (Å²) < 4.78 is 0. The van der Waals surface area contributed by atoms with Crippen LogP contribution in [0.15, 0.2) is 48.5 Å². The Balaban J connectivity index is 1.59. The molecule has 8 nitrogen and oxygen atoms in total. The van der Waals surface area contributed by atoms with E-state index in [0.717, 1.165) is 17.0 Å². The van der Waals surface area contributed by atoms with Crippen LogP contribution in [0.4, 0.5) is 17.1 Å². The van der Waals surface area contributed by atoms with Crippen molar-refractivity contribution in [2.75, 3.05) is 34.2 Å². The van der Waals surface area contributed by atoms with Gasteiger partial charge in [0.15, 0.2) is 0 Å². The molecular weight excluding hydrogens is 452 g/mol. The van der Waals surface area contributed by atoms with Gasteiger partial charge in [-0.3, -0.25) is 24.5 Å². The van der Waals surface area contributed by atoms with Gasteiger partial charge in [-0.05, 0) is 48.8 Å². The number of anilines is 3. The highest BCUT2D eigenvalue weighted by Crippen LogP contribution is 2.55. The SMILES string of the molecule is CSCC[C@H]1N[C@@]2(C(=O)N(C)c3ccccc32)[C@@H]2C(=O)N(c3ccc(NC(C)=O)cc3)C(=O)[C@@H]21. The largest absolute Gasteiger partial charge is 0.326 e. The lowest BCUT2D eigenvalue weighted by atomic mass is 9.76. The molecule has 34 heavy (non-hydrogen) atoms. The van der Waals surface area contributed by atoms with Crippen molar-refractivity contribution in [2.45, 2.75) is 24.9 Å². The second-order valence-corrected chi connectivity index (χ2v) is 9.95. The van der Waals surface area contributed by atoms with E-state index in [9.17, 15) is 19.2 Å². The van der Waals surface area contributed by atoms with Crippen molar-refractivity contribution in [1.82, 2.24) is 5.32 Å². The van der Waals surface area contributed by atoms with E-state index in [4.69, 9.17) is 0 Å². The minimum atomic E-state index is -1.27. The molecule has 0 saturated carbocycles. The van der Waals surface area contributed by atoms with E-state index < -0.39 is 17.4 Å². The van der Waals surface area contributed by atoms with Gasteiger partial charge in [-0.1, -0.05) is 18.2 Å². The molecule has 5 rings (SSSR count). The summed E-state index contributed by atoms with van der Waals surface area (Å²) in [7, 11) is 1.71. The van der Waals surface area contributed by atoms with Gasteiger partial charge < -0.3 is 10.2 Å². The van der Waals surface area contributed by atoms with Crippen LogP contribution in [0.1, 0.15) is 18.9 Å². The second-order valence-electron chi connectivity index (χ2n) is 8.97. The topological polar surface area (TPSA) is 98.8 Å². The Morgan fingerprint density at radius 1 is 1.09 bits per heavy atom. The molecule has 1 spiro atoms. The number of hydrogen-bond donors (Lipinski definition) is 2. The first-order valence-electron chi connectivity index (χ1n) is 11.2. The Bertz CT molecular complexity index is 1200. The molecule has 9 heteroatoms. The molecule has 0 bridgehead atoms. The number of likely N-dealkylation sites (N-methyl/N-ethyl adjacent to an activating group) is 1. The highest BCUT2D eigenvalue weighted by molar-refractivity contribution is 7.98. The lowest BCUT2D eigenvalue weighted by Gasteiger charge is -2.30. The van der Waals surface area contributed by atoms with Gasteiger partial charge in [-0.2, -0.15) is 11.8 Å². The lowest BCUT2D eigenvalue weighted by Crippen LogP contribution is -2.54. The Hall–Kier alpha value is -3.17. The number of imide groups is 1. The molecule has 3 aliphatic rings. The van der Waals surface area contributed by atoms with Crippen molar-refractivity contribution >= 4 is 52.5 Å². The molecule has 2 saturated heterocycles. The van der Waals surface area contributed by atoms with Crippen molar-refractivity contribution in [1.29, 1.82) is 0 Å². The molecule has 4 atom stereocenters. The Kier molecular flexibility index (Phi) is 5.49. The highest BCUT2D eigenvalue weighted by Gasteiger charge is 2.71. The molecule has 3 heterocycles. The zero-order valence-corrected chi connectivity index (χ0v) is 20.0. The molecule has 3 aliphatic heterocycles. The highest BCUT2D eigenvalue weighted by atomic mass is 32.2. The quantitative estimate of drug-likeness (QED) is 0.640. The standard InChI is InChI=1S/C25H26N4O4S/c1-14(30)26-15-8-10-16(11-9-15)29-22(31)20-18(12-13-34-3)27-25(21(20)23(29)32)17-6-4-5-7-19(17)28(2)24(25)33/h4-11,18,20-21,27H,12-13H2,1-3H3,(H,26,30)/t18-,20-,21+,25-/m1/s1. The van der Waals surface area contributed by atoms with Crippen molar-refractivity contribution in [3.63, 3.8) is 0 Å². The summed E-state index contributed by atoms with van der Waals surface area (Å²) in [5.41, 5.74) is 1.24. The minimum Gasteiger partial charge on any atom is -0.326 e. The van der Waals surface area contributed by atoms with Gasteiger partial charge in [0.25, 0.3) is 5.91 Å². The number of fused-ring (bicyclic) bond motifs is 4. The Labute approximate surface area is 202 Å². The molecule has 4 amide bonds. The van der Waals surface area contributed by atoms with Crippen LogP contribution in [0.25, 0.3) is 0 Å². The average molecular weight is 479 g/mol. The summed E-state index contributed by atoms with van der Waals surface area (Å²) in [6.45, 7) is 1.41. The Morgan fingerprint density at radius 3 is 2.47 bits per heavy atom. The molecule has 0 unspecified atom stereocenters. The summed E-state index contributed by atoms with van der Waals surface area (Å²) in [6, 6.07) is 13.8. The third kappa shape index (κ3) is 3.10. The maximum absolute atomic E-state index is 13.9. The minimum absolute atomic E-state index is 0.206.